The molecule has 0 amide bonds. The van der Waals surface area contributed by atoms with Crippen molar-refractivity contribution in [2.45, 2.75) is 19.7 Å². The van der Waals surface area contributed by atoms with Crippen LogP contribution >= 0.6 is 0 Å². The highest BCUT2D eigenvalue weighted by atomic mass is 19.3. The zero-order valence-corrected chi connectivity index (χ0v) is 16.4. The molecule has 1 N–H and O–H groups in total. The number of methoxy groups -OCH3 is 2. The van der Waals surface area contributed by atoms with E-state index >= 15 is 0 Å². The predicted molar refractivity (Wildman–Crippen MR) is 104 cm³/mol. The van der Waals surface area contributed by atoms with Gasteiger partial charge >= 0.3 is 6.61 Å². The molecule has 28 heavy (non-hydrogen) atoms. The van der Waals surface area contributed by atoms with Gasteiger partial charge in [0, 0.05) is 32.7 Å². The van der Waals surface area contributed by atoms with Crippen molar-refractivity contribution in [3.63, 3.8) is 0 Å². The van der Waals surface area contributed by atoms with Gasteiger partial charge in [0.05, 0.1) is 14.2 Å². The molecule has 0 bridgehead atoms. The molecule has 0 saturated carbocycles. The normalized spacial score (nSPS) is 11.3. The minimum absolute atomic E-state index is 0.00540. The Morgan fingerprint density at radius 3 is 2.43 bits per heavy atom. The summed E-state index contributed by atoms with van der Waals surface area (Å²) in [4.78, 5) is 6.22. The lowest BCUT2D eigenvalue weighted by Gasteiger charge is -2.23. The van der Waals surface area contributed by atoms with Gasteiger partial charge in [0.1, 0.15) is 5.75 Å². The molecular formula is C20H25F2N3O3. The van der Waals surface area contributed by atoms with Crippen LogP contribution in [0.15, 0.2) is 47.5 Å². The first-order valence-corrected chi connectivity index (χ1v) is 8.63. The predicted octanol–water partition coefficient (Wildman–Crippen LogP) is 3.51. The number of nitrogens with zero attached hydrogens (tertiary/aromatic N) is 2. The average molecular weight is 393 g/mol. The minimum atomic E-state index is -2.92. The second-order valence-corrected chi connectivity index (χ2v) is 5.93. The Kier molecular flexibility index (Phi) is 7.86. The number of para-hydroxylation sites is 1. The van der Waals surface area contributed by atoms with Gasteiger partial charge in [0.15, 0.2) is 17.5 Å². The van der Waals surface area contributed by atoms with Gasteiger partial charge in [0.25, 0.3) is 0 Å². The lowest BCUT2D eigenvalue weighted by atomic mass is 10.2. The molecule has 0 atom stereocenters. The highest BCUT2D eigenvalue weighted by Crippen LogP contribution is 2.29. The molecule has 0 aliphatic rings. The summed E-state index contributed by atoms with van der Waals surface area (Å²) in [5.74, 6) is 1.70. The molecule has 2 aromatic carbocycles. The van der Waals surface area contributed by atoms with Crippen LogP contribution in [0.3, 0.4) is 0 Å². The van der Waals surface area contributed by atoms with Crippen LogP contribution in [0.2, 0.25) is 0 Å². The summed E-state index contributed by atoms with van der Waals surface area (Å²) in [5, 5.41) is 3.21. The van der Waals surface area contributed by atoms with Gasteiger partial charge in [-0.15, -0.1) is 0 Å². The third-order valence-electron chi connectivity index (χ3n) is 4.07. The first kappa shape index (κ1) is 21.3. The van der Waals surface area contributed by atoms with Crippen molar-refractivity contribution in [1.29, 1.82) is 0 Å². The molecule has 0 aliphatic heterocycles. The number of hydrogen-bond donors (Lipinski definition) is 1. The van der Waals surface area contributed by atoms with Crippen LogP contribution in [0.25, 0.3) is 0 Å². The molecule has 0 fully saturated rings. The number of guanidine groups is 1. The Morgan fingerprint density at radius 2 is 1.79 bits per heavy atom. The number of halogens is 2. The smallest absolute Gasteiger partial charge is 0.387 e. The van der Waals surface area contributed by atoms with E-state index in [0.29, 0.717) is 19.0 Å². The number of ether oxygens (including phenoxy) is 3. The van der Waals surface area contributed by atoms with Crippen molar-refractivity contribution >= 4 is 5.96 Å². The molecule has 0 aliphatic carbocycles. The van der Waals surface area contributed by atoms with E-state index in [1.165, 1.54) is 13.2 Å². The van der Waals surface area contributed by atoms with E-state index in [4.69, 9.17) is 9.47 Å². The molecule has 0 radical (unpaired) electrons. The van der Waals surface area contributed by atoms with E-state index in [2.05, 4.69) is 15.0 Å². The summed E-state index contributed by atoms with van der Waals surface area (Å²) in [6.07, 6.45) is 0. The molecule has 2 rings (SSSR count). The zero-order valence-electron chi connectivity index (χ0n) is 16.4. The number of aliphatic imine (C=N–C) groups is 1. The van der Waals surface area contributed by atoms with Gasteiger partial charge in [-0.2, -0.15) is 8.78 Å². The van der Waals surface area contributed by atoms with E-state index in [1.807, 2.05) is 36.2 Å². The third kappa shape index (κ3) is 5.73. The van der Waals surface area contributed by atoms with Crippen molar-refractivity contribution < 1.29 is 23.0 Å². The fraction of sp³-hybridized carbons (Fsp3) is 0.350. The second kappa shape index (κ2) is 10.3. The van der Waals surface area contributed by atoms with Crippen LogP contribution in [0.4, 0.5) is 8.78 Å². The maximum absolute atomic E-state index is 12.6. The zero-order chi connectivity index (χ0) is 20.5. The van der Waals surface area contributed by atoms with Gasteiger partial charge in [-0.05, 0) is 23.8 Å². The number of benzene rings is 2. The first-order valence-electron chi connectivity index (χ1n) is 8.63. The van der Waals surface area contributed by atoms with Crippen LogP contribution < -0.4 is 19.5 Å². The molecule has 0 aromatic heterocycles. The van der Waals surface area contributed by atoms with Crippen molar-refractivity contribution in [2.24, 2.45) is 4.99 Å². The van der Waals surface area contributed by atoms with Gasteiger partial charge in [-0.1, -0.05) is 24.3 Å². The van der Waals surface area contributed by atoms with E-state index in [1.54, 1.807) is 26.3 Å². The van der Waals surface area contributed by atoms with Crippen LogP contribution in [0, 0.1) is 0 Å². The van der Waals surface area contributed by atoms with E-state index in [9.17, 15) is 8.78 Å². The highest BCUT2D eigenvalue weighted by molar-refractivity contribution is 5.79. The van der Waals surface area contributed by atoms with Crippen LogP contribution in [0.1, 0.15) is 11.1 Å². The quantitative estimate of drug-likeness (QED) is 0.549. The van der Waals surface area contributed by atoms with Gasteiger partial charge in [-0.3, -0.25) is 4.99 Å². The van der Waals surface area contributed by atoms with E-state index in [-0.39, 0.29) is 11.5 Å². The Labute approximate surface area is 163 Å². The molecule has 152 valence electrons. The third-order valence-corrected chi connectivity index (χ3v) is 4.07. The number of nitrogens with one attached hydrogen (secondary N) is 1. The summed E-state index contributed by atoms with van der Waals surface area (Å²) < 4.78 is 40.1. The molecule has 0 heterocycles. The van der Waals surface area contributed by atoms with Crippen molar-refractivity contribution in [1.82, 2.24) is 10.2 Å². The van der Waals surface area contributed by atoms with Crippen LogP contribution in [0.5, 0.6) is 17.2 Å². The molecule has 0 spiro atoms. The van der Waals surface area contributed by atoms with Crippen molar-refractivity contribution in [3.8, 4) is 17.2 Å². The summed E-state index contributed by atoms with van der Waals surface area (Å²) in [7, 11) is 6.62. The number of rotatable bonds is 8. The Hall–Kier alpha value is -3.03. The lowest BCUT2D eigenvalue weighted by molar-refractivity contribution is -0.0512. The maximum atomic E-state index is 12.6. The fourth-order valence-electron chi connectivity index (χ4n) is 2.75. The lowest BCUT2D eigenvalue weighted by Crippen LogP contribution is -2.38. The van der Waals surface area contributed by atoms with Gasteiger partial charge in [0.2, 0.25) is 0 Å². The second-order valence-electron chi connectivity index (χ2n) is 5.93. The molecular weight excluding hydrogens is 368 g/mol. The Bertz CT molecular complexity index is 800. The monoisotopic (exact) mass is 393 g/mol. The van der Waals surface area contributed by atoms with Crippen molar-refractivity contribution in [3.05, 3.63) is 53.6 Å². The van der Waals surface area contributed by atoms with Crippen molar-refractivity contribution in [2.75, 3.05) is 28.3 Å². The standard InChI is InChI=1S/C20H25F2N3O3/c1-23-20(25(2)13-15-7-5-6-8-16(15)26-3)24-12-14-9-10-17(27-4)18(11-14)28-19(21)22/h5-11,19H,12-13H2,1-4H3,(H,23,24). The molecule has 6 nitrogen and oxygen atoms in total. The van der Waals surface area contributed by atoms with Gasteiger partial charge < -0.3 is 24.4 Å². The minimum Gasteiger partial charge on any atom is -0.496 e. The van der Waals surface area contributed by atoms with Crippen LogP contribution in [-0.4, -0.2) is 45.8 Å². The SMILES string of the molecule is CN=C(NCc1ccc(OC)c(OC(F)F)c1)N(C)Cc1ccccc1OC. The molecule has 8 heteroatoms. The largest absolute Gasteiger partial charge is 0.496 e. The number of hydrogen-bond acceptors (Lipinski definition) is 4. The topological polar surface area (TPSA) is 55.3 Å². The summed E-state index contributed by atoms with van der Waals surface area (Å²) in [6.45, 7) is -1.95. The van der Waals surface area contributed by atoms with E-state index in [0.717, 1.165) is 16.9 Å². The fourth-order valence-corrected chi connectivity index (χ4v) is 2.75. The Morgan fingerprint density at radius 1 is 1.07 bits per heavy atom. The summed E-state index contributed by atoms with van der Waals surface area (Å²) in [6, 6.07) is 12.6. The van der Waals surface area contributed by atoms with Gasteiger partial charge in [-0.25, -0.2) is 0 Å². The molecule has 0 unspecified atom stereocenters. The molecule has 0 saturated heterocycles. The maximum Gasteiger partial charge on any atom is 0.387 e. The highest BCUT2D eigenvalue weighted by Gasteiger charge is 2.13. The summed E-state index contributed by atoms with van der Waals surface area (Å²) >= 11 is 0. The summed E-state index contributed by atoms with van der Waals surface area (Å²) in [5.41, 5.74) is 1.77. The Balaban J connectivity index is 2.05. The average Bonchev–Trinajstić information content (AvgIpc) is 2.68. The molecule has 2 aromatic rings. The number of alkyl halides is 2. The van der Waals surface area contributed by atoms with Crippen LogP contribution in [-0.2, 0) is 13.1 Å². The van der Waals surface area contributed by atoms with E-state index < -0.39 is 6.61 Å². The first-order chi connectivity index (χ1) is 13.5.